The van der Waals surface area contributed by atoms with Crippen LogP contribution in [0, 0.1) is 11.3 Å². The summed E-state index contributed by atoms with van der Waals surface area (Å²) in [4.78, 5) is 5.43. The van der Waals surface area contributed by atoms with Crippen LogP contribution < -0.4 is 5.32 Å². The minimum absolute atomic E-state index is 0.453. The van der Waals surface area contributed by atoms with Gasteiger partial charge in [0, 0.05) is 44.8 Å². The van der Waals surface area contributed by atoms with E-state index in [4.69, 9.17) is 0 Å². The highest BCUT2D eigenvalue weighted by atomic mass is 15.3. The van der Waals surface area contributed by atoms with E-state index in [9.17, 15) is 0 Å². The molecule has 0 aromatic heterocycles. The van der Waals surface area contributed by atoms with E-state index >= 15 is 0 Å². The van der Waals surface area contributed by atoms with Gasteiger partial charge in [0.2, 0.25) is 0 Å². The molecule has 1 saturated heterocycles. The second kappa shape index (κ2) is 7.43. The second-order valence-corrected chi connectivity index (χ2v) is 8.26. The highest BCUT2D eigenvalue weighted by Gasteiger charge is 2.44. The quantitative estimate of drug-likeness (QED) is 0.813. The fraction of sp³-hybridized carbons (Fsp3) is 1.00. The van der Waals surface area contributed by atoms with E-state index in [1.54, 1.807) is 0 Å². The van der Waals surface area contributed by atoms with Crippen LogP contribution in [0.15, 0.2) is 0 Å². The lowest BCUT2D eigenvalue weighted by Gasteiger charge is -2.42. The minimum atomic E-state index is 0.453. The second-order valence-electron chi connectivity index (χ2n) is 8.26. The van der Waals surface area contributed by atoms with Gasteiger partial charge >= 0.3 is 0 Å². The first-order valence-corrected chi connectivity index (χ1v) is 9.14. The Morgan fingerprint density at radius 2 is 1.81 bits per heavy atom. The standard InChI is InChI=1S/C18H37N3/c1-6-9-19-17-16(7-8-18(17,4)5)21-12-10-20(11-13-21)14-15(2)3/h15-17,19H,6-14H2,1-5H3. The van der Waals surface area contributed by atoms with Gasteiger partial charge in [-0.2, -0.15) is 0 Å². The molecule has 0 bridgehead atoms. The number of nitrogens with zero attached hydrogens (tertiary/aromatic N) is 2. The molecule has 0 aromatic carbocycles. The van der Waals surface area contributed by atoms with Gasteiger partial charge in [-0.1, -0.05) is 34.6 Å². The summed E-state index contributed by atoms with van der Waals surface area (Å²) >= 11 is 0. The van der Waals surface area contributed by atoms with E-state index in [-0.39, 0.29) is 0 Å². The number of hydrogen-bond acceptors (Lipinski definition) is 3. The van der Waals surface area contributed by atoms with Crippen LogP contribution in [0.1, 0.15) is 53.9 Å². The molecule has 1 N–H and O–H groups in total. The van der Waals surface area contributed by atoms with Crippen LogP contribution in [-0.4, -0.2) is 61.2 Å². The van der Waals surface area contributed by atoms with Crippen molar-refractivity contribution >= 4 is 0 Å². The molecule has 2 fully saturated rings. The summed E-state index contributed by atoms with van der Waals surface area (Å²) in [5.41, 5.74) is 0.453. The van der Waals surface area contributed by atoms with E-state index in [1.807, 2.05) is 0 Å². The van der Waals surface area contributed by atoms with E-state index in [1.165, 1.54) is 52.0 Å². The topological polar surface area (TPSA) is 18.5 Å². The van der Waals surface area contributed by atoms with Gasteiger partial charge in [-0.25, -0.2) is 0 Å². The average molecular weight is 296 g/mol. The molecule has 2 atom stereocenters. The number of piperazine rings is 1. The highest BCUT2D eigenvalue weighted by Crippen LogP contribution is 2.40. The summed E-state index contributed by atoms with van der Waals surface area (Å²) in [6.45, 7) is 19.3. The number of nitrogens with one attached hydrogen (secondary N) is 1. The first-order valence-electron chi connectivity index (χ1n) is 9.14. The van der Waals surface area contributed by atoms with Gasteiger partial charge in [0.25, 0.3) is 0 Å². The molecule has 1 saturated carbocycles. The maximum absolute atomic E-state index is 3.86. The van der Waals surface area contributed by atoms with E-state index in [0.717, 1.165) is 18.5 Å². The predicted molar refractivity (Wildman–Crippen MR) is 91.7 cm³/mol. The Hall–Kier alpha value is -0.120. The fourth-order valence-electron chi connectivity index (χ4n) is 4.26. The maximum atomic E-state index is 3.86. The molecule has 124 valence electrons. The molecule has 2 rings (SSSR count). The molecule has 1 heterocycles. The van der Waals surface area contributed by atoms with Crippen molar-refractivity contribution in [1.29, 1.82) is 0 Å². The molecule has 2 aliphatic rings. The van der Waals surface area contributed by atoms with Gasteiger partial charge in [0.1, 0.15) is 0 Å². The van der Waals surface area contributed by atoms with E-state index in [2.05, 4.69) is 49.7 Å². The van der Waals surface area contributed by atoms with Gasteiger partial charge in [0.15, 0.2) is 0 Å². The SMILES string of the molecule is CCCNC1C(N2CCN(CC(C)C)CC2)CCC1(C)C. The van der Waals surface area contributed by atoms with Crippen LogP contribution in [0.5, 0.6) is 0 Å². The summed E-state index contributed by atoms with van der Waals surface area (Å²) in [6, 6.07) is 1.43. The van der Waals surface area contributed by atoms with Gasteiger partial charge in [-0.3, -0.25) is 4.90 Å². The molecule has 3 nitrogen and oxygen atoms in total. The van der Waals surface area contributed by atoms with Crippen molar-refractivity contribution in [1.82, 2.24) is 15.1 Å². The lowest BCUT2D eigenvalue weighted by atomic mass is 9.86. The van der Waals surface area contributed by atoms with Crippen molar-refractivity contribution in [2.24, 2.45) is 11.3 Å². The van der Waals surface area contributed by atoms with Crippen molar-refractivity contribution in [3.05, 3.63) is 0 Å². The van der Waals surface area contributed by atoms with Crippen LogP contribution in [0.4, 0.5) is 0 Å². The summed E-state index contributed by atoms with van der Waals surface area (Å²) in [6.07, 6.45) is 3.98. The molecule has 0 aromatic rings. The van der Waals surface area contributed by atoms with Crippen LogP contribution in [-0.2, 0) is 0 Å². The molecular formula is C18H37N3. The molecule has 3 heteroatoms. The maximum Gasteiger partial charge on any atom is 0.0274 e. The predicted octanol–water partition coefficient (Wildman–Crippen LogP) is 2.82. The lowest BCUT2D eigenvalue weighted by Crippen LogP contribution is -2.57. The number of hydrogen-bond donors (Lipinski definition) is 1. The third-order valence-electron chi connectivity index (χ3n) is 5.42. The highest BCUT2D eigenvalue weighted by molar-refractivity contribution is 5.01. The Kier molecular flexibility index (Phi) is 6.10. The third-order valence-corrected chi connectivity index (χ3v) is 5.42. The summed E-state index contributed by atoms with van der Waals surface area (Å²) in [7, 11) is 0. The fourth-order valence-corrected chi connectivity index (χ4v) is 4.26. The minimum Gasteiger partial charge on any atom is -0.312 e. The molecule has 0 radical (unpaired) electrons. The van der Waals surface area contributed by atoms with Crippen molar-refractivity contribution < 1.29 is 0 Å². The Morgan fingerprint density at radius 3 is 2.38 bits per heavy atom. The smallest absolute Gasteiger partial charge is 0.0274 e. The van der Waals surface area contributed by atoms with Gasteiger partial charge < -0.3 is 10.2 Å². The zero-order valence-corrected chi connectivity index (χ0v) is 15.0. The molecule has 21 heavy (non-hydrogen) atoms. The largest absolute Gasteiger partial charge is 0.312 e. The van der Waals surface area contributed by atoms with Crippen molar-refractivity contribution in [2.45, 2.75) is 66.0 Å². The average Bonchev–Trinajstić information content (AvgIpc) is 2.72. The van der Waals surface area contributed by atoms with Gasteiger partial charge in [-0.05, 0) is 37.1 Å². The van der Waals surface area contributed by atoms with E-state index < -0.39 is 0 Å². The Labute approximate surface area is 132 Å². The first kappa shape index (κ1) is 17.2. The van der Waals surface area contributed by atoms with Crippen LogP contribution in [0.25, 0.3) is 0 Å². The summed E-state index contributed by atoms with van der Waals surface area (Å²) in [5, 5.41) is 3.86. The van der Waals surface area contributed by atoms with E-state index in [0.29, 0.717) is 11.5 Å². The third kappa shape index (κ3) is 4.43. The first-order chi connectivity index (χ1) is 9.94. The van der Waals surface area contributed by atoms with Crippen LogP contribution in [0.3, 0.4) is 0 Å². The van der Waals surface area contributed by atoms with Crippen molar-refractivity contribution in [2.75, 3.05) is 39.3 Å². The number of rotatable bonds is 6. The van der Waals surface area contributed by atoms with Crippen molar-refractivity contribution in [3.8, 4) is 0 Å². The normalized spacial score (nSPS) is 31.1. The molecular weight excluding hydrogens is 258 g/mol. The van der Waals surface area contributed by atoms with Crippen molar-refractivity contribution in [3.63, 3.8) is 0 Å². The lowest BCUT2D eigenvalue weighted by molar-refractivity contribution is 0.0711. The molecule has 1 aliphatic heterocycles. The summed E-state index contributed by atoms with van der Waals surface area (Å²) in [5.74, 6) is 0.793. The Morgan fingerprint density at radius 1 is 1.14 bits per heavy atom. The monoisotopic (exact) mass is 295 g/mol. The summed E-state index contributed by atoms with van der Waals surface area (Å²) < 4.78 is 0. The van der Waals surface area contributed by atoms with Crippen LogP contribution in [0.2, 0.25) is 0 Å². The van der Waals surface area contributed by atoms with Crippen LogP contribution >= 0.6 is 0 Å². The van der Waals surface area contributed by atoms with Gasteiger partial charge in [0.05, 0.1) is 0 Å². The zero-order chi connectivity index (χ0) is 15.5. The zero-order valence-electron chi connectivity index (χ0n) is 15.0. The Balaban J connectivity index is 1.89. The van der Waals surface area contributed by atoms with Gasteiger partial charge in [-0.15, -0.1) is 0 Å². The molecule has 0 spiro atoms. The Bertz CT molecular complexity index is 306. The molecule has 0 amide bonds. The molecule has 1 aliphatic carbocycles. The molecule has 2 unspecified atom stereocenters.